The Labute approximate surface area is 127 Å². The van der Waals surface area contributed by atoms with Gasteiger partial charge in [0.15, 0.2) is 0 Å². The van der Waals surface area contributed by atoms with Crippen molar-refractivity contribution >= 4 is 20.2 Å². The lowest BCUT2D eigenvalue weighted by Gasteiger charge is -2.21. The summed E-state index contributed by atoms with van der Waals surface area (Å²) >= 11 is 0. The smallest absolute Gasteiger partial charge is 0.242 e. The monoisotopic (exact) mass is 301 g/mol. The van der Waals surface area contributed by atoms with Crippen LogP contribution in [-0.2, 0) is 13.5 Å². The molecule has 1 aromatic carbocycles. The van der Waals surface area contributed by atoms with E-state index in [0.717, 1.165) is 29.1 Å². The van der Waals surface area contributed by atoms with E-state index in [9.17, 15) is 0 Å². The first-order valence-corrected chi connectivity index (χ1v) is 10.5. The fraction of sp³-hybridized carbons (Fsp3) is 0.375. The molecule has 0 saturated heterocycles. The Balaban J connectivity index is 2.18. The Kier molecular flexibility index (Phi) is 4.62. The van der Waals surface area contributed by atoms with Crippen LogP contribution in [0, 0.1) is 6.92 Å². The molecule has 0 fully saturated rings. The molecular weight excluding hydrogens is 278 g/mol. The zero-order valence-corrected chi connectivity index (χ0v) is 14.4. The van der Waals surface area contributed by atoms with Gasteiger partial charge in [0, 0.05) is 25.9 Å². The summed E-state index contributed by atoms with van der Waals surface area (Å²) in [6, 6.07) is 6.08. The average molecular weight is 301 g/mol. The van der Waals surface area contributed by atoms with Gasteiger partial charge in [0.2, 0.25) is 8.32 Å². The number of benzene rings is 1. The van der Waals surface area contributed by atoms with Crippen LogP contribution in [0.1, 0.15) is 11.3 Å². The van der Waals surface area contributed by atoms with Gasteiger partial charge in [0.1, 0.15) is 11.4 Å². The van der Waals surface area contributed by atoms with Gasteiger partial charge < -0.3 is 8.99 Å². The molecule has 112 valence electrons. The van der Waals surface area contributed by atoms with Crippen molar-refractivity contribution < 1.29 is 4.43 Å². The first-order chi connectivity index (χ1) is 9.85. The number of aliphatic imine (C=N–C) groups is 1. The fourth-order valence-electron chi connectivity index (χ4n) is 2.01. The SMILES string of the molecule is Cc1cccc(O[Si](C)(C)C)c1N=CCc1cn(C)cn1. The standard InChI is InChI=1S/C16H23N3OSi/c1-13-7-6-8-15(20-21(3,4)5)16(13)17-10-9-14-11-19(2)12-18-14/h6-8,10-12H,9H2,1-5H3. The molecule has 1 heterocycles. The lowest BCUT2D eigenvalue weighted by molar-refractivity contribution is 0.558. The van der Waals surface area contributed by atoms with Crippen molar-refractivity contribution in [2.24, 2.45) is 12.0 Å². The molecule has 2 rings (SSSR count). The van der Waals surface area contributed by atoms with Crippen LogP contribution in [0.15, 0.2) is 35.7 Å². The molecule has 4 nitrogen and oxygen atoms in total. The number of hydrogen-bond acceptors (Lipinski definition) is 3. The molecule has 0 aliphatic heterocycles. The summed E-state index contributed by atoms with van der Waals surface area (Å²) in [6.07, 6.45) is 6.43. The van der Waals surface area contributed by atoms with Gasteiger partial charge in [-0.05, 0) is 38.2 Å². The second kappa shape index (κ2) is 6.26. The Hall–Kier alpha value is -1.88. The Bertz CT molecular complexity index is 641. The Morgan fingerprint density at radius 2 is 2.10 bits per heavy atom. The lowest BCUT2D eigenvalue weighted by atomic mass is 10.2. The van der Waals surface area contributed by atoms with Crippen LogP contribution in [0.4, 0.5) is 5.69 Å². The molecule has 0 bridgehead atoms. The second-order valence-corrected chi connectivity index (χ2v) is 10.6. The lowest BCUT2D eigenvalue weighted by Crippen LogP contribution is -2.29. The van der Waals surface area contributed by atoms with Gasteiger partial charge in [-0.3, -0.25) is 4.99 Å². The summed E-state index contributed by atoms with van der Waals surface area (Å²) in [7, 11) is 0.325. The van der Waals surface area contributed by atoms with Gasteiger partial charge >= 0.3 is 0 Å². The summed E-state index contributed by atoms with van der Waals surface area (Å²) in [5.41, 5.74) is 3.07. The highest BCUT2D eigenvalue weighted by Gasteiger charge is 2.18. The van der Waals surface area contributed by atoms with Crippen LogP contribution in [0.2, 0.25) is 19.6 Å². The molecule has 0 radical (unpaired) electrons. The summed E-state index contributed by atoms with van der Waals surface area (Å²) in [5, 5.41) is 0. The molecule has 0 atom stereocenters. The van der Waals surface area contributed by atoms with Crippen molar-refractivity contribution in [1.29, 1.82) is 0 Å². The van der Waals surface area contributed by atoms with Crippen molar-refractivity contribution in [3.05, 3.63) is 42.0 Å². The van der Waals surface area contributed by atoms with Crippen LogP contribution in [0.25, 0.3) is 0 Å². The number of imidazole rings is 1. The highest BCUT2D eigenvalue weighted by Crippen LogP contribution is 2.32. The first-order valence-electron chi connectivity index (χ1n) is 7.13. The number of rotatable bonds is 5. The van der Waals surface area contributed by atoms with Gasteiger partial charge in [-0.25, -0.2) is 4.98 Å². The zero-order chi connectivity index (χ0) is 15.5. The van der Waals surface area contributed by atoms with Crippen LogP contribution in [-0.4, -0.2) is 24.1 Å². The van der Waals surface area contributed by atoms with Crippen LogP contribution in [0.3, 0.4) is 0 Å². The topological polar surface area (TPSA) is 39.4 Å². The van der Waals surface area contributed by atoms with E-state index in [1.54, 1.807) is 6.33 Å². The number of nitrogens with zero attached hydrogens (tertiary/aromatic N) is 3. The molecule has 0 N–H and O–H groups in total. The van der Waals surface area contributed by atoms with Crippen LogP contribution in [0.5, 0.6) is 5.75 Å². The van der Waals surface area contributed by atoms with Crippen molar-refractivity contribution in [2.45, 2.75) is 33.0 Å². The third-order valence-electron chi connectivity index (χ3n) is 2.90. The van der Waals surface area contributed by atoms with Crippen LogP contribution >= 0.6 is 0 Å². The minimum absolute atomic E-state index is 0.724. The number of aryl methyl sites for hydroxylation is 2. The van der Waals surface area contributed by atoms with Gasteiger partial charge in [0.25, 0.3) is 0 Å². The highest BCUT2D eigenvalue weighted by molar-refractivity contribution is 6.70. The zero-order valence-electron chi connectivity index (χ0n) is 13.4. The van der Waals surface area contributed by atoms with E-state index in [4.69, 9.17) is 4.43 Å². The van der Waals surface area contributed by atoms with E-state index in [-0.39, 0.29) is 0 Å². The third kappa shape index (κ3) is 4.56. The van der Waals surface area contributed by atoms with Crippen LogP contribution < -0.4 is 4.43 Å². The normalized spacial score (nSPS) is 12.0. The van der Waals surface area contributed by atoms with E-state index < -0.39 is 8.32 Å². The van der Waals surface area contributed by atoms with Gasteiger partial charge in [0.05, 0.1) is 12.0 Å². The highest BCUT2D eigenvalue weighted by atomic mass is 28.4. The summed E-state index contributed by atoms with van der Waals surface area (Å²) in [5.74, 6) is 0.881. The predicted molar refractivity (Wildman–Crippen MR) is 90.2 cm³/mol. The fourth-order valence-corrected chi connectivity index (χ4v) is 2.84. The number of hydrogen-bond donors (Lipinski definition) is 0. The molecule has 21 heavy (non-hydrogen) atoms. The maximum absolute atomic E-state index is 6.13. The number of aromatic nitrogens is 2. The summed E-state index contributed by atoms with van der Waals surface area (Å²) in [6.45, 7) is 8.59. The molecule has 5 heteroatoms. The van der Waals surface area contributed by atoms with E-state index in [1.807, 2.05) is 36.2 Å². The summed E-state index contributed by atoms with van der Waals surface area (Å²) in [4.78, 5) is 8.92. The van der Waals surface area contributed by atoms with Crippen molar-refractivity contribution in [3.8, 4) is 5.75 Å². The molecule has 0 spiro atoms. The average Bonchev–Trinajstić information content (AvgIpc) is 2.77. The third-order valence-corrected chi connectivity index (χ3v) is 3.73. The minimum Gasteiger partial charge on any atom is -0.543 e. The van der Waals surface area contributed by atoms with E-state index in [1.165, 1.54) is 0 Å². The van der Waals surface area contributed by atoms with Crippen molar-refractivity contribution in [3.63, 3.8) is 0 Å². The maximum atomic E-state index is 6.13. The number of para-hydroxylation sites is 1. The molecule has 0 saturated carbocycles. The van der Waals surface area contributed by atoms with Crippen molar-refractivity contribution in [2.75, 3.05) is 0 Å². The molecular formula is C16H23N3OSi. The molecule has 0 aliphatic rings. The molecule has 0 amide bonds. The summed E-state index contributed by atoms with van der Waals surface area (Å²) < 4.78 is 8.07. The second-order valence-electron chi connectivity index (χ2n) is 6.18. The molecule has 1 aromatic heterocycles. The Morgan fingerprint density at radius 1 is 1.33 bits per heavy atom. The maximum Gasteiger partial charge on any atom is 0.242 e. The largest absolute Gasteiger partial charge is 0.543 e. The van der Waals surface area contributed by atoms with E-state index in [2.05, 4.69) is 42.6 Å². The quantitative estimate of drug-likeness (QED) is 0.621. The van der Waals surface area contributed by atoms with Gasteiger partial charge in [-0.15, -0.1) is 0 Å². The molecule has 0 unspecified atom stereocenters. The molecule has 0 aliphatic carbocycles. The predicted octanol–water partition coefficient (Wildman–Crippen LogP) is 3.89. The first kappa shape index (κ1) is 15.5. The Morgan fingerprint density at radius 3 is 2.71 bits per heavy atom. The van der Waals surface area contributed by atoms with Crippen molar-refractivity contribution in [1.82, 2.24) is 9.55 Å². The van der Waals surface area contributed by atoms with E-state index >= 15 is 0 Å². The van der Waals surface area contributed by atoms with Gasteiger partial charge in [-0.1, -0.05) is 12.1 Å². The van der Waals surface area contributed by atoms with Gasteiger partial charge in [-0.2, -0.15) is 0 Å². The van der Waals surface area contributed by atoms with E-state index in [0.29, 0.717) is 0 Å². The minimum atomic E-state index is -1.64. The molecule has 2 aromatic rings.